The predicted molar refractivity (Wildman–Crippen MR) is 74.9 cm³/mol. The molecule has 1 N–H and O–H groups in total. The molecular weight excluding hydrogens is 272 g/mol. The first-order chi connectivity index (χ1) is 10.0. The van der Waals surface area contributed by atoms with Crippen LogP contribution in [0.15, 0.2) is 41.1 Å². The molecule has 1 heterocycles. The van der Waals surface area contributed by atoms with Crippen LogP contribution in [0.1, 0.15) is 21.8 Å². The topological polar surface area (TPSA) is 83.6 Å². The molecule has 0 radical (unpaired) electrons. The lowest BCUT2D eigenvalue weighted by atomic mass is 10.0. The largest absolute Gasteiger partial charge is 0.480 e. The quantitative estimate of drug-likeness (QED) is 0.906. The van der Waals surface area contributed by atoms with Gasteiger partial charge in [0.25, 0.3) is 5.91 Å². The fourth-order valence-corrected chi connectivity index (χ4v) is 2.05. The minimum atomic E-state index is -1.06. The molecule has 0 saturated heterocycles. The van der Waals surface area contributed by atoms with Gasteiger partial charge in [0.2, 0.25) is 0 Å². The van der Waals surface area contributed by atoms with Gasteiger partial charge >= 0.3 is 5.97 Å². The van der Waals surface area contributed by atoms with Gasteiger partial charge in [0.1, 0.15) is 11.8 Å². The lowest BCUT2D eigenvalue weighted by Gasteiger charge is -2.24. The molecule has 2 aromatic rings. The van der Waals surface area contributed by atoms with Gasteiger partial charge in [-0.3, -0.25) is 4.79 Å². The molecule has 1 aromatic carbocycles. The molecular formula is C15H16N2O4. The number of rotatable bonds is 5. The smallest absolute Gasteiger partial charge is 0.326 e. The van der Waals surface area contributed by atoms with E-state index in [0.29, 0.717) is 5.76 Å². The Hall–Kier alpha value is -2.63. The van der Waals surface area contributed by atoms with Crippen molar-refractivity contribution < 1.29 is 19.1 Å². The Morgan fingerprint density at radius 3 is 2.52 bits per heavy atom. The maximum atomic E-state index is 12.3. The lowest BCUT2D eigenvalue weighted by molar-refractivity contribution is -0.141. The van der Waals surface area contributed by atoms with Gasteiger partial charge in [0.15, 0.2) is 12.1 Å². The molecule has 0 saturated carbocycles. The van der Waals surface area contributed by atoms with Crippen LogP contribution in [-0.4, -0.2) is 40.0 Å². The highest BCUT2D eigenvalue weighted by Gasteiger charge is 2.29. The summed E-state index contributed by atoms with van der Waals surface area (Å²) in [5, 5.41) is 9.38. The van der Waals surface area contributed by atoms with Gasteiger partial charge in [-0.1, -0.05) is 30.3 Å². The summed E-state index contributed by atoms with van der Waals surface area (Å²) in [4.78, 5) is 28.8. The van der Waals surface area contributed by atoms with E-state index in [4.69, 9.17) is 4.42 Å². The first kappa shape index (κ1) is 14.8. The number of carboxylic acid groups (broad SMARTS) is 1. The second-order valence-electron chi connectivity index (χ2n) is 4.72. The lowest BCUT2D eigenvalue weighted by Crippen LogP contribution is -2.44. The van der Waals surface area contributed by atoms with Crippen molar-refractivity contribution in [3.05, 3.63) is 53.7 Å². The summed E-state index contributed by atoms with van der Waals surface area (Å²) in [6, 6.07) is 8.21. The van der Waals surface area contributed by atoms with Crippen molar-refractivity contribution in [1.29, 1.82) is 0 Å². The van der Waals surface area contributed by atoms with E-state index in [2.05, 4.69) is 4.98 Å². The predicted octanol–water partition coefficient (Wildman–Crippen LogP) is 1.75. The standard InChI is InChI=1S/C15H16N2O4/c1-10-13(16-9-21-10)14(18)17(2)12(15(19)20)8-11-6-4-3-5-7-11/h3-7,9,12H,8H2,1-2H3,(H,19,20). The van der Waals surface area contributed by atoms with Gasteiger partial charge in [0, 0.05) is 13.5 Å². The zero-order valence-electron chi connectivity index (χ0n) is 11.8. The van der Waals surface area contributed by atoms with E-state index in [9.17, 15) is 14.7 Å². The third-order valence-electron chi connectivity index (χ3n) is 3.29. The molecule has 0 bridgehead atoms. The van der Waals surface area contributed by atoms with Gasteiger partial charge in [-0.15, -0.1) is 0 Å². The number of carbonyl (C=O) groups is 2. The number of hydrogen-bond donors (Lipinski definition) is 1. The molecule has 6 nitrogen and oxygen atoms in total. The number of benzene rings is 1. The number of oxazole rings is 1. The van der Waals surface area contributed by atoms with Crippen LogP contribution in [0.3, 0.4) is 0 Å². The van der Waals surface area contributed by atoms with Crippen molar-refractivity contribution in [2.75, 3.05) is 7.05 Å². The number of likely N-dealkylation sites (N-methyl/N-ethyl adjacent to an activating group) is 1. The number of aromatic nitrogens is 1. The number of amides is 1. The van der Waals surface area contributed by atoms with Crippen molar-refractivity contribution in [2.45, 2.75) is 19.4 Å². The molecule has 0 aliphatic carbocycles. The average molecular weight is 288 g/mol. The van der Waals surface area contributed by atoms with Crippen LogP contribution in [0.4, 0.5) is 0 Å². The molecule has 1 atom stereocenters. The molecule has 110 valence electrons. The summed E-state index contributed by atoms with van der Waals surface area (Å²) in [5.74, 6) is -1.16. The molecule has 1 amide bonds. The van der Waals surface area contributed by atoms with Crippen molar-refractivity contribution in [3.63, 3.8) is 0 Å². The molecule has 2 rings (SSSR count). The van der Waals surface area contributed by atoms with Crippen molar-refractivity contribution >= 4 is 11.9 Å². The number of hydrogen-bond acceptors (Lipinski definition) is 4. The van der Waals surface area contributed by atoms with E-state index < -0.39 is 17.9 Å². The Kier molecular flexibility index (Phi) is 4.37. The zero-order chi connectivity index (χ0) is 15.4. The Balaban J connectivity index is 2.20. The Labute approximate surface area is 122 Å². The Bertz CT molecular complexity index is 636. The van der Waals surface area contributed by atoms with Gasteiger partial charge in [-0.2, -0.15) is 0 Å². The Morgan fingerprint density at radius 2 is 2.00 bits per heavy atom. The molecule has 21 heavy (non-hydrogen) atoms. The fourth-order valence-electron chi connectivity index (χ4n) is 2.05. The number of aryl methyl sites for hydroxylation is 1. The molecule has 0 aliphatic heterocycles. The van der Waals surface area contributed by atoms with E-state index in [-0.39, 0.29) is 12.1 Å². The summed E-state index contributed by atoms with van der Waals surface area (Å²) in [6.07, 6.45) is 1.40. The number of aliphatic carboxylic acids is 1. The molecule has 0 fully saturated rings. The third kappa shape index (κ3) is 3.28. The van der Waals surface area contributed by atoms with E-state index in [1.54, 1.807) is 6.92 Å². The Morgan fingerprint density at radius 1 is 1.33 bits per heavy atom. The third-order valence-corrected chi connectivity index (χ3v) is 3.29. The van der Waals surface area contributed by atoms with Crippen molar-refractivity contribution in [1.82, 2.24) is 9.88 Å². The second-order valence-corrected chi connectivity index (χ2v) is 4.72. The van der Waals surface area contributed by atoms with Crippen LogP contribution in [0.5, 0.6) is 0 Å². The van der Waals surface area contributed by atoms with E-state index >= 15 is 0 Å². The SMILES string of the molecule is Cc1ocnc1C(=O)N(C)C(Cc1ccccc1)C(=O)O. The highest BCUT2D eigenvalue weighted by Crippen LogP contribution is 2.13. The summed E-state index contributed by atoms with van der Waals surface area (Å²) in [6.45, 7) is 1.61. The number of carbonyl (C=O) groups excluding carboxylic acids is 1. The molecule has 0 spiro atoms. The van der Waals surface area contributed by atoms with Crippen LogP contribution < -0.4 is 0 Å². The zero-order valence-corrected chi connectivity index (χ0v) is 11.8. The van der Waals surface area contributed by atoms with E-state index in [1.807, 2.05) is 30.3 Å². The highest BCUT2D eigenvalue weighted by atomic mass is 16.4. The summed E-state index contributed by atoms with van der Waals surface area (Å²) in [5.41, 5.74) is 0.984. The summed E-state index contributed by atoms with van der Waals surface area (Å²) >= 11 is 0. The van der Waals surface area contributed by atoms with Crippen LogP contribution in [0, 0.1) is 6.92 Å². The highest BCUT2D eigenvalue weighted by molar-refractivity contribution is 5.95. The molecule has 1 unspecified atom stereocenters. The van der Waals surface area contributed by atoms with Crippen LogP contribution in [-0.2, 0) is 11.2 Å². The average Bonchev–Trinajstić information content (AvgIpc) is 2.90. The monoisotopic (exact) mass is 288 g/mol. The number of nitrogens with zero attached hydrogens (tertiary/aromatic N) is 2. The van der Waals surface area contributed by atoms with E-state index in [1.165, 1.54) is 18.3 Å². The second kappa shape index (κ2) is 6.21. The minimum Gasteiger partial charge on any atom is -0.480 e. The van der Waals surface area contributed by atoms with E-state index in [0.717, 1.165) is 5.56 Å². The fraction of sp³-hybridized carbons (Fsp3) is 0.267. The minimum absolute atomic E-state index is 0.136. The van der Waals surface area contributed by atoms with Gasteiger partial charge in [-0.25, -0.2) is 9.78 Å². The first-order valence-electron chi connectivity index (χ1n) is 6.44. The first-order valence-corrected chi connectivity index (χ1v) is 6.44. The van der Waals surface area contributed by atoms with Gasteiger partial charge < -0.3 is 14.4 Å². The normalized spacial score (nSPS) is 11.9. The maximum Gasteiger partial charge on any atom is 0.326 e. The van der Waals surface area contributed by atoms with Gasteiger partial charge in [-0.05, 0) is 12.5 Å². The summed E-state index contributed by atoms with van der Waals surface area (Å²) in [7, 11) is 1.46. The van der Waals surface area contributed by atoms with Crippen LogP contribution >= 0.6 is 0 Å². The van der Waals surface area contributed by atoms with Crippen molar-refractivity contribution in [2.24, 2.45) is 0 Å². The summed E-state index contributed by atoms with van der Waals surface area (Å²) < 4.78 is 4.99. The maximum absolute atomic E-state index is 12.3. The van der Waals surface area contributed by atoms with Crippen LogP contribution in [0.25, 0.3) is 0 Å². The van der Waals surface area contributed by atoms with Crippen LogP contribution in [0.2, 0.25) is 0 Å². The van der Waals surface area contributed by atoms with Gasteiger partial charge in [0.05, 0.1) is 0 Å². The molecule has 0 aliphatic rings. The molecule has 1 aromatic heterocycles. The molecule has 6 heteroatoms. The number of carboxylic acids is 1. The van der Waals surface area contributed by atoms with Crippen molar-refractivity contribution in [3.8, 4) is 0 Å².